The normalized spacial score (nSPS) is 16.7. The van der Waals surface area contributed by atoms with E-state index in [4.69, 9.17) is 11.6 Å². The quantitative estimate of drug-likeness (QED) is 0.792. The fourth-order valence-corrected chi connectivity index (χ4v) is 2.33. The molecular weight excluding hydrogens is 246 g/mol. The summed E-state index contributed by atoms with van der Waals surface area (Å²) in [7, 11) is 0. The van der Waals surface area contributed by atoms with Crippen molar-refractivity contribution in [3.8, 4) is 0 Å². The largest absolute Gasteiger partial charge is 0.369 e. The van der Waals surface area contributed by atoms with E-state index < -0.39 is 0 Å². The number of halogens is 1. The highest BCUT2D eigenvalue weighted by molar-refractivity contribution is 6.30. The Balaban J connectivity index is 2.10. The summed E-state index contributed by atoms with van der Waals surface area (Å²) in [6.45, 7) is 7.37. The summed E-state index contributed by atoms with van der Waals surface area (Å²) < 4.78 is 0. The van der Waals surface area contributed by atoms with Crippen LogP contribution in [0.1, 0.15) is 50.9 Å². The second-order valence-corrected chi connectivity index (χ2v) is 5.72. The molecule has 4 heteroatoms. The van der Waals surface area contributed by atoms with E-state index in [-0.39, 0.29) is 0 Å². The summed E-state index contributed by atoms with van der Waals surface area (Å²) in [6, 6.07) is 0. The van der Waals surface area contributed by atoms with Crippen molar-refractivity contribution >= 4 is 17.4 Å². The summed E-state index contributed by atoms with van der Waals surface area (Å²) in [6.07, 6.45) is 5.82. The van der Waals surface area contributed by atoms with Crippen LogP contribution in [0.2, 0.25) is 5.15 Å². The number of nitrogens with one attached hydrogen (secondary N) is 1. The van der Waals surface area contributed by atoms with Crippen molar-refractivity contribution in [2.45, 2.75) is 52.9 Å². The molecule has 1 aliphatic carbocycles. The van der Waals surface area contributed by atoms with Crippen LogP contribution in [0.15, 0.2) is 0 Å². The molecule has 1 aliphatic rings. The van der Waals surface area contributed by atoms with Gasteiger partial charge in [-0.15, -0.1) is 0 Å². The molecule has 0 spiro atoms. The Morgan fingerprint density at radius 1 is 1.28 bits per heavy atom. The predicted molar refractivity (Wildman–Crippen MR) is 76.2 cm³/mol. The first-order chi connectivity index (χ1) is 8.60. The van der Waals surface area contributed by atoms with Gasteiger partial charge in [0.05, 0.1) is 0 Å². The van der Waals surface area contributed by atoms with Crippen molar-refractivity contribution in [1.29, 1.82) is 0 Å². The number of hydrogen-bond acceptors (Lipinski definition) is 3. The Bertz CT molecular complexity index is 427. The summed E-state index contributed by atoms with van der Waals surface area (Å²) in [5.41, 5.74) is 1.47. The van der Waals surface area contributed by atoms with Crippen LogP contribution in [0.4, 0.5) is 5.82 Å². The maximum absolute atomic E-state index is 6.16. The van der Waals surface area contributed by atoms with Crippen LogP contribution in [0, 0.1) is 12.3 Å². The fourth-order valence-electron chi connectivity index (χ4n) is 2.14. The molecule has 18 heavy (non-hydrogen) atoms. The second kappa shape index (κ2) is 5.43. The van der Waals surface area contributed by atoms with Gasteiger partial charge < -0.3 is 5.32 Å². The lowest BCUT2D eigenvalue weighted by molar-refractivity contribution is 0.520. The zero-order valence-electron chi connectivity index (χ0n) is 11.5. The Kier molecular flexibility index (Phi) is 4.10. The smallest absolute Gasteiger partial charge is 0.137 e. The summed E-state index contributed by atoms with van der Waals surface area (Å²) in [5, 5.41) is 4.05. The molecule has 1 aromatic heterocycles. The van der Waals surface area contributed by atoms with Gasteiger partial charge in [0, 0.05) is 18.5 Å². The van der Waals surface area contributed by atoms with Crippen LogP contribution >= 0.6 is 11.6 Å². The first-order valence-electron chi connectivity index (χ1n) is 6.87. The van der Waals surface area contributed by atoms with Crippen molar-refractivity contribution in [3.05, 3.63) is 16.5 Å². The third-order valence-electron chi connectivity index (χ3n) is 3.94. The molecule has 0 saturated heterocycles. The molecule has 100 valence electrons. The fraction of sp³-hybridized carbons (Fsp3) is 0.714. The zero-order valence-corrected chi connectivity index (χ0v) is 12.3. The Morgan fingerprint density at radius 3 is 2.56 bits per heavy atom. The second-order valence-electron chi connectivity index (χ2n) is 5.36. The molecule has 0 unspecified atom stereocenters. The SMILES string of the molecule is CCCc1nc(Cl)c(C)c(NCC2(CC)CC2)n1. The van der Waals surface area contributed by atoms with Crippen LogP contribution < -0.4 is 5.32 Å². The number of anilines is 1. The monoisotopic (exact) mass is 267 g/mol. The van der Waals surface area contributed by atoms with Crippen molar-refractivity contribution in [1.82, 2.24) is 9.97 Å². The van der Waals surface area contributed by atoms with Gasteiger partial charge in [0.1, 0.15) is 16.8 Å². The van der Waals surface area contributed by atoms with Gasteiger partial charge in [-0.25, -0.2) is 9.97 Å². The molecule has 1 fully saturated rings. The lowest BCUT2D eigenvalue weighted by Crippen LogP contribution is -2.17. The maximum Gasteiger partial charge on any atom is 0.137 e. The molecule has 0 aliphatic heterocycles. The van der Waals surface area contributed by atoms with E-state index in [9.17, 15) is 0 Å². The average Bonchev–Trinajstić information content (AvgIpc) is 3.13. The van der Waals surface area contributed by atoms with Crippen LogP contribution in [0.3, 0.4) is 0 Å². The highest BCUT2D eigenvalue weighted by Gasteiger charge is 2.40. The van der Waals surface area contributed by atoms with Gasteiger partial charge in [-0.05, 0) is 38.0 Å². The minimum Gasteiger partial charge on any atom is -0.369 e. The standard InChI is InChI=1S/C14H22ClN3/c1-4-6-11-17-12(15)10(3)13(18-11)16-9-14(5-2)7-8-14/h4-9H2,1-3H3,(H,16,17,18). The third-order valence-corrected chi connectivity index (χ3v) is 4.31. The van der Waals surface area contributed by atoms with E-state index in [0.29, 0.717) is 10.6 Å². The zero-order chi connectivity index (χ0) is 13.2. The van der Waals surface area contributed by atoms with E-state index in [2.05, 4.69) is 29.1 Å². The van der Waals surface area contributed by atoms with E-state index in [1.54, 1.807) is 0 Å². The molecule has 0 radical (unpaired) electrons. The molecule has 0 aromatic carbocycles. The van der Waals surface area contributed by atoms with Gasteiger partial charge in [0.15, 0.2) is 0 Å². The van der Waals surface area contributed by atoms with Gasteiger partial charge in [0.25, 0.3) is 0 Å². The predicted octanol–water partition coefficient (Wildman–Crippen LogP) is 3.99. The van der Waals surface area contributed by atoms with E-state index >= 15 is 0 Å². The van der Waals surface area contributed by atoms with Gasteiger partial charge in [0.2, 0.25) is 0 Å². The molecule has 1 heterocycles. The van der Waals surface area contributed by atoms with Crippen molar-refractivity contribution < 1.29 is 0 Å². The maximum atomic E-state index is 6.16. The molecule has 0 atom stereocenters. The summed E-state index contributed by atoms with van der Waals surface area (Å²) in [5.74, 6) is 1.76. The average molecular weight is 268 g/mol. The number of nitrogens with zero attached hydrogens (tertiary/aromatic N) is 2. The topological polar surface area (TPSA) is 37.8 Å². The van der Waals surface area contributed by atoms with Crippen LogP contribution in [-0.2, 0) is 6.42 Å². The molecule has 0 amide bonds. The molecule has 1 N–H and O–H groups in total. The molecule has 1 aromatic rings. The van der Waals surface area contributed by atoms with Crippen LogP contribution in [-0.4, -0.2) is 16.5 Å². The highest BCUT2D eigenvalue weighted by atomic mass is 35.5. The third kappa shape index (κ3) is 2.94. The lowest BCUT2D eigenvalue weighted by atomic mass is 10.0. The number of aromatic nitrogens is 2. The molecule has 0 bridgehead atoms. The van der Waals surface area contributed by atoms with E-state index in [0.717, 1.165) is 36.6 Å². The molecule has 2 rings (SSSR count). The van der Waals surface area contributed by atoms with E-state index in [1.165, 1.54) is 19.3 Å². The molecule has 3 nitrogen and oxygen atoms in total. The van der Waals surface area contributed by atoms with Crippen molar-refractivity contribution in [2.24, 2.45) is 5.41 Å². The van der Waals surface area contributed by atoms with Gasteiger partial charge in [-0.3, -0.25) is 0 Å². The first-order valence-corrected chi connectivity index (χ1v) is 7.25. The molecule has 1 saturated carbocycles. The van der Waals surface area contributed by atoms with Gasteiger partial charge in [-0.1, -0.05) is 25.4 Å². The van der Waals surface area contributed by atoms with Gasteiger partial charge in [-0.2, -0.15) is 0 Å². The number of aryl methyl sites for hydroxylation is 1. The Labute approximate surface area is 114 Å². The lowest BCUT2D eigenvalue weighted by Gasteiger charge is -2.16. The van der Waals surface area contributed by atoms with Crippen molar-refractivity contribution in [3.63, 3.8) is 0 Å². The summed E-state index contributed by atoms with van der Waals surface area (Å²) in [4.78, 5) is 8.90. The van der Waals surface area contributed by atoms with E-state index in [1.807, 2.05) is 6.92 Å². The Hall–Kier alpha value is -0.830. The van der Waals surface area contributed by atoms with Crippen molar-refractivity contribution in [2.75, 3.05) is 11.9 Å². The summed E-state index contributed by atoms with van der Waals surface area (Å²) >= 11 is 6.16. The number of hydrogen-bond donors (Lipinski definition) is 1. The van der Waals surface area contributed by atoms with Crippen LogP contribution in [0.5, 0.6) is 0 Å². The number of rotatable bonds is 6. The first kappa shape index (κ1) is 13.6. The Morgan fingerprint density at radius 2 is 2.00 bits per heavy atom. The highest BCUT2D eigenvalue weighted by Crippen LogP contribution is 2.48. The minimum atomic E-state index is 0.509. The minimum absolute atomic E-state index is 0.509. The van der Waals surface area contributed by atoms with Gasteiger partial charge >= 0.3 is 0 Å². The molecular formula is C14H22ClN3. The van der Waals surface area contributed by atoms with Crippen LogP contribution in [0.25, 0.3) is 0 Å².